The molecular formula is C12H16F4N4O. The highest BCUT2D eigenvalue weighted by molar-refractivity contribution is 5.97. The van der Waals surface area contributed by atoms with E-state index < -0.39 is 24.3 Å². The van der Waals surface area contributed by atoms with Gasteiger partial charge < -0.3 is 4.90 Å². The Bertz CT molecular complexity index is 506. The van der Waals surface area contributed by atoms with Crippen LogP contribution < -0.4 is 4.90 Å². The van der Waals surface area contributed by atoms with Crippen molar-refractivity contribution in [2.75, 3.05) is 25.0 Å². The SMILES string of the molecule is CN1C[C@@H](F)C[C@@H](N(C(=O)C(F)(F)F)c2cnn(C)c2)C1. The molecule has 5 nitrogen and oxygen atoms in total. The summed E-state index contributed by atoms with van der Waals surface area (Å²) in [5, 5.41) is 3.78. The van der Waals surface area contributed by atoms with Crippen LogP contribution in [0, 0.1) is 0 Å². The molecular weight excluding hydrogens is 292 g/mol. The van der Waals surface area contributed by atoms with E-state index in [1.807, 2.05) is 0 Å². The van der Waals surface area contributed by atoms with E-state index in [-0.39, 0.29) is 25.2 Å². The number of aryl methyl sites for hydroxylation is 1. The Balaban J connectivity index is 2.34. The maximum Gasteiger partial charge on any atom is 0.471 e. The molecule has 2 rings (SSSR count). The van der Waals surface area contributed by atoms with E-state index in [2.05, 4.69) is 5.10 Å². The van der Waals surface area contributed by atoms with Crippen molar-refractivity contribution in [2.24, 2.45) is 7.05 Å². The molecule has 1 aromatic rings. The second-order valence-electron chi connectivity index (χ2n) is 5.25. The fourth-order valence-electron chi connectivity index (χ4n) is 2.57. The fourth-order valence-corrected chi connectivity index (χ4v) is 2.57. The van der Waals surface area contributed by atoms with Gasteiger partial charge in [0.05, 0.1) is 17.9 Å². The first-order valence-electron chi connectivity index (χ1n) is 6.40. The van der Waals surface area contributed by atoms with Gasteiger partial charge in [0.25, 0.3) is 0 Å². The highest BCUT2D eigenvalue weighted by Gasteiger charge is 2.47. The lowest BCUT2D eigenvalue weighted by molar-refractivity contribution is -0.171. The number of hydrogen-bond donors (Lipinski definition) is 0. The number of piperidine rings is 1. The normalized spacial score (nSPS) is 24.1. The van der Waals surface area contributed by atoms with Crippen LogP contribution in [0.15, 0.2) is 12.4 Å². The molecule has 1 saturated heterocycles. The van der Waals surface area contributed by atoms with Gasteiger partial charge in [0.1, 0.15) is 6.17 Å². The van der Waals surface area contributed by atoms with E-state index in [0.29, 0.717) is 4.90 Å². The molecule has 2 heterocycles. The van der Waals surface area contributed by atoms with E-state index in [1.165, 1.54) is 24.1 Å². The van der Waals surface area contributed by atoms with Crippen molar-refractivity contribution in [1.82, 2.24) is 14.7 Å². The van der Waals surface area contributed by atoms with Crippen molar-refractivity contribution in [3.05, 3.63) is 12.4 Å². The van der Waals surface area contributed by atoms with Crippen LogP contribution in [-0.4, -0.2) is 59.1 Å². The van der Waals surface area contributed by atoms with Crippen LogP contribution in [0.4, 0.5) is 23.2 Å². The highest BCUT2D eigenvalue weighted by atomic mass is 19.4. The molecule has 9 heteroatoms. The summed E-state index contributed by atoms with van der Waals surface area (Å²) >= 11 is 0. The Morgan fingerprint density at radius 3 is 2.52 bits per heavy atom. The molecule has 0 aliphatic carbocycles. The van der Waals surface area contributed by atoms with Crippen LogP contribution >= 0.6 is 0 Å². The Labute approximate surface area is 119 Å². The van der Waals surface area contributed by atoms with Crippen LogP contribution in [-0.2, 0) is 11.8 Å². The van der Waals surface area contributed by atoms with Gasteiger partial charge in [-0.1, -0.05) is 0 Å². The quantitative estimate of drug-likeness (QED) is 0.775. The van der Waals surface area contributed by atoms with Gasteiger partial charge >= 0.3 is 12.1 Å². The number of nitrogens with zero attached hydrogens (tertiary/aromatic N) is 4. The molecule has 0 saturated carbocycles. The monoisotopic (exact) mass is 308 g/mol. The summed E-state index contributed by atoms with van der Waals surface area (Å²) in [7, 11) is 3.14. The zero-order valence-corrected chi connectivity index (χ0v) is 11.6. The van der Waals surface area contributed by atoms with E-state index in [0.717, 1.165) is 0 Å². The molecule has 0 unspecified atom stereocenters. The number of aromatic nitrogens is 2. The summed E-state index contributed by atoms with van der Waals surface area (Å²) in [4.78, 5) is 13.9. The average Bonchev–Trinajstić information content (AvgIpc) is 2.73. The van der Waals surface area contributed by atoms with Crippen LogP contribution in [0.25, 0.3) is 0 Å². The van der Waals surface area contributed by atoms with Crippen molar-refractivity contribution >= 4 is 11.6 Å². The number of anilines is 1. The molecule has 1 amide bonds. The number of likely N-dealkylation sites (N-methyl/N-ethyl adjacent to an activating group) is 1. The maximum atomic E-state index is 13.6. The highest BCUT2D eigenvalue weighted by Crippen LogP contribution is 2.29. The summed E-state index contributed by atoms with van der Waals surface area (Å²) in [5.74, 6) is -2.00. The molecule has 1 aliphatic rings. The minimum atomic E-state index is -5.02. The summed E-state index contributed by atoms with van der Waals surface area (Å²) in [6.45, 7) is 0.328. The lowest BCUT2D eigenvalue weighted by atomic mass is 10.0. The zero-order valence-electron chi connectivity index (χ0n) is 11.6. The number of halogens is 4. The second kappa shape index (κ2) is 5.63. The van der Waals surface area contributed by atoms with Crippen molar-refractivity contribution in [1.29, 1.82) is 0 Å². The van der Waals surface area contributed by atoms with E-state index in [4.69, 9.17) is 0 Å². The third kappa shape index (κ3) is 3.52. The first kappa shape index (κ1) is 15.7. The molecule has 0 aromatic carbocycles. The van der Waals surface area contributed by atoms with Crippen LogP contribution in [0.1, 0.15) is 6.42 Å². The zero-order chi connectivity index (χ0) is 15.8. The minimum Gasteiger partial charge on any atom is -0.301 e. The number of likely N-dealkylation sites (tertiary alicyclic amines) is 1. The predicted octanol–water partition coefficient (Wildman–Crippen LogP) is 1.36. The Morgan fingerprint density at radius 1 is 1.38 bits per heavy atom. The van der Waals surface area contributed by atoms with Gasteiger partial charge in [-0.15, -0.1) is 0 Å². The summed E-state index contributed by atoms with van der Waals surface area (Å²) in [6, 6.07) is -0.878. The average molecular weight is 308 g/mol. The molecule has 0 bridgehead atoms. The standard InChI is InChI=1S/C12H16F4N4O/c1-18-5-8(13)3-9(6-18)20(11(21)12(14,15)16)10-4-17-19(2)7-10/h4,7-9H,3,5-6H2,1-2H3/t8-,9+/m0/s1. The first-order chi connectivity index (χ1) is 9.68. The molecule has 1 aliphatic heterocycles. The summed E-state index contributed by atoms with van der Waals surface area (Å²) in [6.07, 6.45) is -3.93. The van der Waals surface area contributed by atoms with Crippen LogP contribution in [0.3, 0.4) is 0 Å². The van der Waals surface area contributed by atoms with Gasteiger partial charge in [-0.3, -0.25) is 14.4 Å². The van der Waals surface area contributed by atoms with Crippen molar-refractivity contribution in [3.63, 3.8) is 0 Å². The van der Waals surface area contributed by atoms with Gasteiger partial charge in [-0.25, -0.2) is 4.39 Å². The Kier molecular flexibility index (Phi) is 4.22. The molecule has 2 atom stereocenters. The van der Waals surface area contributed by atoms with Gasteiger partial charge in [0.15, 0.2) is 0 Å². The molecule has 1 aromatic heterocycles. The minimum absolute atomic E-state index is 0.0207. The van der Waals surface area contributed by atoms with Crippen molar-refractivity contribution < 1.29 is 22.4 Å². The lowest BCUT2D eigenvalue weighted by Gasteiger charge is -2.38. The maximum absolute atomic E-state index is 13.6. The largest absolute Gasteiger partial charge is 0.471 e. The van der Waals surface area contributed by atoms with E-state index in [9.17, 15) is 22.4 Å². The number of carbonyl (C=O) groups is 1. The number of hydrogen-bond acceptors (Lipinski definition) is 3. The van der Waals surface area contributed by atoms with Crippen molar-refractivity contribution in [2.45, 2.75) is 24.8 Å². The molecule has 21 heavy (non-hydrogen) atoms. The smallest absolute Gasteiger partial charge is 0.301 e. The third-order valence-corrected chi connectivity index (χ3v) is 3.36. The van der Waals surface area contributed by atoms with Gasteiger partial charge in [0.2, 0.25) is 0 Å². The molecule has 0 spiro atoms. The Hall–Kier alpha value is -1.64. The van der Waals surface area contributed by atoms with Crippen molar-refractivity contribution in [3.8, 4) is 0 Å². The van der Waals surface area contributed by atoms with Crippen LogP contribution in [0.2, 0.25) is 0 Å². The van der Waals surface area contributed by atoms with E-state index >= 15 is 0 Å². The van der Waals surface area contributed by atoms with E-state index in [1.54, 1.807) is 11.9 Å². The lowest BCUT2D eigenvalue weighted by Crippen LogP contribution is -2.55. The third-order valence-electron chi connectivity index (χ3n) is 3.36. The first-order valence-corrected chi connectivity index (χ1v) is 6.40. The second-order valence-corrected chi connectivity index (χ2v) is 5.25. The number of amides is 1. The van der Waals surface area contributed by atoms with Crippen LogP contribution in [0.5, 0.6) is 0 Å². The molecule has 0 N–H and O–H groups in total. The number of rotatable bonds is 2. The predicted molar refractivity (Wildman–Crippen MR) is 67.5 cm³/mol. The summed E-state index contributed by atoms with van der Waals surface area (Å²) < 4.78 is 53.4. The number of alkyl halides is 4. The molecule has 1 fully saturated rings. The van der Waals surface area contributed by atoms with Gasteiger partial charge in [-0.2, -0.15) is 18.3 Å². The topological polar surface area (TPSA) is 41.4 Å². The summed E-state index contributed by atoms with van der Waals surface area (Å²) in [5.41, 5.74) is 0.0207. The van der Waals surface area contributed by atoms with Gasteiger partial charge in [-0.05, 0) is 7.05 Å². The van der Waals surface area contributed by atoms with Gasteiger partial charge in [0, 0.05) is 32.8 Å². The molecule has 0 radical (unpaired) electrons. The Morgan fingerprint density at radius 2 is 2.05 bits per heavy atom. The molecule has 118 valence electrons. The number of carbonyl (C=O) groups excluding carboxylic acids is 1. The fraction of sp³-hybridized carbons (Fsp3) is 0.667.